The molecule has 2 aromatic rings. The van der Waals surface area contributed by atoms with Crippen LogP contribution in [0.5, 0.6) is 0 Å². The van der Waals surface area contributed by atoms with E-state index in [0.717, 1.165) is 17.8 Å². The minimum Gasteiger partial charge on any atom is -0.310 e. The fourth-order valence-electron chi connectivity index (χ4n) is 2.09. The summed E-state index contributed by atoms with van der Waals surface area (Å²) in [5, 5.41) is 3.03. The van der Waals surface area contributed by atoms with Gasteiger partial charge in [-0.05, 0) is 13.3 Å². The van der Waals surface area contributed by atoms with E-state index < -0.39 is 0 Å². The minimum atomic E-state index is -0.0835. The van der Waals surface area contributed by atoms with E-state index in [9.17, 15) is 4.79 Å². The predicted octanol–water partition coefficient (Wildman–Crippen LogP) is 1.97. The average Bonchev–Trinajstić information content (AvgIpc) is 3.19. The summed E-state index contributed by atoms with van der Waals surface area (Å²) in [6.45, 7) is 1.89. The van der Waals surface area contributed by atoms with E-state index in [0.29, 0.717) is 11.0 Å². The summed E-state index contributed by atoms with van der Waals surface area (Å²) in [5.41, 5.74) is 1.72. The van der Waals surface area contributed by atoms with E-state index in [2.05, 4.69) is 25.3 Å². The highest BCUT2D eigenvalue weighted by Gasteiger charge is 2.45. The number of carbonyl (C=O) groups excluding carboxylic acids is 1. The van der Waals surface area contributed by atoms with Gasteiger partial charge in [-0.3, -0.25) is 14.8 Å². The van der Waals surface area contributed by atoms with Crippen molar-refractivity contribution in [3.63, 3.8) is 0 Å². The lowest BCUT2D eigenvalue weighted by atomic mass is 10.2. The van der Waals surface area contributed by atoms with Crippen LogP contribution in [0.15, 0.2) is 24.8 Å². The van der Waals surface area contributed by atoms with Gasteiger partial charge in [0.25, 0.3) is 0 Å². The van der Waals surface area contributed by atoms with Crippen molar-refractivity contribution in [2.24, 2.45) is 5.92 Å². The molecule has 0 saturated heterocycles. The van der Waals surface area contributed by atoms with Gasteiger partial charge in [0.2, 0.25) is 5.91 Å². The smallest absolute Gasteiger partial charge is 0.229 e. The molecule has 0 bridgehead atoms. The maximum absolute atomic E-state index is 12.1. The molecule has 6 nitrogen and oxygen atoms in total. The van der Waals surface area contributed by atoms with Gasteiger partial charge in [-0.1, -0.05) is 11.6 Å². The Bertz CT molecular complexity index is 663. The Morgan fingerprint density at radius 3 is 3.00 bits per heavy atom. The highest BCUT2D eigenvalue weighted by Crippen LogP contribution is 2.47. The Balaban J connectivity index is 1.66. The third-order valence-electron chi connectivity index (χ3n) is 3.17. The van der Waals surface area contributed by atoms with Crippen LogP contribution in [-0.4, -0.2) is 25.8 Å². The number of anilines is 1. The summed E-state index contributed by atoms with van der Waals surface area (Å²) < 4.78 is 0. The van der Waals surface area contributed by atoms with Gasteiger partial charge in [0, 0.05) is 30.3 Å². The molecule has 2 aromatic heterocycles. The topological polar surface area (TPSA) is 80.7 Å². The van der Waals surface area contributed by atoms with Crippen LogP contribution >= 0.6 is 11.6 Å². The van der Waals surface area contributed by atoms with Crippen LogP contribution in [0.1, 0.15) is 23.7 Å². The van der Waals surface area contributed by atoms with E-state index in [4.69, 9.17) is 11.6 Å². The molecule has 0 spiro atoms. The van der Waals surface area contributed by atoms with Crippen molar-refractivity contribution in [3.8, 4) is 0 Å². The molecule has 7 heteroatoms. The van der Waals surface area contributed by atoms with Crippen LogP contribution in [-0.2, 0) is 4.79 Å². The third kappa shape index (κ3) is 2.75. The zero-order valence-corrected chi connectivity index (χ0v) is 11.5. The largest absolute Gasteiger partial charge is 0.310 e. The van der Waals surface area contributed by atoms with E-state index >= 15 is 0 Å². The minimum absolute atomic E-state index is 0.0759. The molecule has 1 N–H and O–H groups in total. The molecule has 1 aliphatic carbocycles. The molecular weight excluding hydrogens is 278 g/mol. The lowest BCUT2D eigenvalue weighted by Crippen LogP contribution is -2.15. The zero-order valence-electron chi connectivity index (χ0n) is 10.7. The van der Waals surface area contributed by atoms with Crippen LogP contribution < -0.4 is 5.32 Å². The van der Waals surface area contributed by atoms with Crippen LogP contribution in [0.3, 0.4) is 0 Å². The van der Waals surface area contributed by atoms with Crippen molar-refractivity contribution in [2.45, 2.75) is 19.3 Å². The summed E-state index contributed by atoms with van der Waals surface area (Å²) in [6, 6.07) is 1.52. The summed E-state index contributed by atoms with van der Waals surface area (Å²) >= 11 is 5.74. The summed E-state index contributed by atoms with van der Waals surface area (Å²) in [7, 11) is 0. The second kappa shape index (κ2) is 5.13. The van der Waals surface area contributed by atoms with E-state index in [1.54, 1.807) is 12.4 Å². The van der Waals surface area contributed by atoms with Crippen LogP contribution in [0.2, 0.25) is 5.15 Å². The molecule has 1 fully saturated rings. The first kappa shape index (κ1) is 12.9. The molecule has 1 aliphatic rings. The lowest BCUT2D eigenvalue weighted by molar-refractivity contribution is -0.117. The molecule has 1 amide bonds. The van der Waals surface area contributed by atoms with Crippen molar-refractivity contribution in [1.82, 2.24) is 19.9 Å². The molecule has 0 unspecified atom stereocenters. The molecule has 3 rings (SSSR count). The van der Waals surface area contributed by atoms with E-state index in [1.807, 2.05) is 6.92 Å². The number of rotatable bonds is 3. The molecule has 0 aromatic carbocycles. The number of hydrogen-bond donors (Lipinski definition) is 1. The maximum atomic E-state index is 12.1. The Morgan fingerprint density at radius 2 is 2.25 bits per heavy atom. The first-order valence-electron chi connectivity index (χ1n) is 6.20. The number of halogens is 1. The third-order valence-corrected chi connectivity index (χ3v) is 3.37. The summed E-state index contributed by atoms with van der Waals surface area (Å²) in [5.74, 6) is 0.392. The van der Waals surface area contributed by atoms with E-state index in [1.165, 1.54) is 12.4 Å². The van der Waals surface area contributed by atoms with Gasteiger partial charge >= 0.3 is 0 Å². The Morgan fingerprint density at radius 1 is 1.40 bits per heavy atom. The molecule has 20 heavy (non-hydrogen) atoms. The van der Waals surface area contributed by atoms with Crippen molar-refractivity contribution >= 4 is 23.3 Å². The number of amides is 1. The van der Waals surface area contributed by atoms with Gasteiger partial charge < -0.3 is 5.32 Å². The number of hydrogen-bond acceptors (Lipinski definition) is 5. The first-order valence-corrected chi connectivity index (χ1v) is 6.58. The van der Waals surface area contributed by atoms with Crippen molar-refractivity contribution in [2.75, 3.05) is 5.32 Å². The summed E-state index contributed by atoms with van der Waals surface area (Å²) in [6.07, 6.45) is 5.51. The van der Waals surface area contributed by atoms with Gasteiger partial charge in [0.15, 0.2) is 0 Å². The number of carbonyl (C=O) groups is 1. The van der Waals surface area contributed by atoms with Gasteiger partial charge in [-0.15, -0.1) is 0 Å². The van der Waals surface area contributed by atoms with Crippen molar-refractivity contribution in [3.05, 3.63) is 41.3 Å². The molecule has 1 saturated carbocycles. The lowest BCUT2D eigenvalue weighted by Gasteiger charge is -2.04. The highest BCUT2D eigenvalue weighted by atomic mass is 35.5. The number of nitrogens with one attached hydrogen (secondary N) is 1. The molecule has 2 heterocycles. The first-order chi connectivity index (χ1) is 9.63. The SMILES string of the molecule is Cc1cncc([C@H]2C[C@@H]2C(=O)Nc2cc(Cl)ncn2)n1. The highest BCUT2D eigenvalue weighted by molar-refractivity contribution is 6.29. The van der Waals surface area contributed by atoms with Gasteiger partial charge in [0.05, 0.1) is 11.4 Å². The normalized spacial score (nSPS) is 20.5. The van der Waals surface area contributed by atoms with Crippen molar-refractivity contribution < 1.29 is 4.79 Å². The Hall–Kier alpha value is -2.08. The van der Waals surface area contributed by atoms with E-state index in [-0.39, 0.29) is 17.7 Å². The quantitative estimate of drug-likeness (QED) is 0.874. The molecule has 102 valence electrons. The standard InChI is InChI=1S/C13H12ClN5O/c1-7-4-15-5-10(18-7)8-2-9(8)13(20)19-12-3-11(14)16-6-17-12/h3-6,8-9H,2H2,1H3,(H,16,17,19,20)/t8-,9-/m0/s1. The van der Waals surface area contributed by atoms with Gasteiger partial charge in [0.1, 0.15) is 17.3 Å². The average molecular weight is 290 g/mol. The van der Waals surface area contributed by atoms with Crippen LogP contribution in [0.25, 0.3) is 0 Å². The number of aryl methyl sites for hydroxylation is 1. The van der Waals surface area contributed by atoms with Gasteiger partial charge in [-0.25, -0.2) is 9.97 Å². The van der Waals surface area contributed by atoms with Gasteiger partial charge in [-0.2, -0.15) is 0 Å². The predicted molar refractivity (Wildman–Crippen MR) is 73.3 cm³/mol. The van der Waals surface area contributed by atoms with Crippen molar-refractivity contribution in [1.29, 1.82) is 0 Å². The Kier molecular flexibility index (Phi) is 3.31. The second-order valence-corrected chi connectivity index (χ2v) is 5.14. The maximum Gasteiger partial charge on any atom is 0.229 e. The van der Waals surface area contributed by atoms with Crippen LogP contribution in [0, 0.1) is 12.8 Å². The molecule has 0 radical (unpaired) electrons. The number of nitrogens with zero attached hydrogens (tertiary/aromatic N) is 4. The zero-order chi connectivity index (χ0) is 14.1. The second-order valence-electron chi connectivity index (χ2n) is 4.75. The fraction of sp³-hybridized carbons (Fsp3) is 0.308. The monoisotopic (exact) mass is 289 g/mol. The fourth-order valence-corrected chi connectivity index (χ4v) is 2.24. The summed E-state index contributed by atoms with van der Waals surface area (Å²) in [4.78, 5) is 28.3. The Labute approximate surface area is 120 Å². The molecular formula is C13H12ClN5O. The number of aromatic nitrogens is 4. The molecule has 2 atom stereocenters. The molecule has 0 aliphatic heterocycles. The van der Waals surface area contributed by atoms with Crippen LogP contribution in [0.4, 0.5) is 5.82 Å².